The zero-order valence-electron chi connectivity index (χ0n) is 8.80. The number of phenolic OH excluding ortho intramolecular Hbond substituents is 2. The van der Waals surface area contributed by atoms with Gasteiger partial charge in [0.1, 0.15) is 0 Å². The number of benzene rings is 1. The van der Waals surface area contributed by atoms with Crippen LogP contribution in [-0.2, 0) is 12.8 Å². The summed E-state index contributed by atoms with van der Waals surface area (Å²) in [4.78, 5) is 4.22. The monoisotopic (exact) mass is 215 g/mol. The summed E-state index contributed by atoms with van der Waals surface area (Å²) in [5.41, 5.74) is 2.01. The second-order valence-corrected chi connectivity index (χ2v) is 3.64. The number of hydrogen-bond donors (Lipinski definition) is 2. The van der Waals surface area contributed by atoms with Crippen LogP contribution in [0.3, 0.4) is 0 Å². The van der Waals surface area contributed by atoms with Crippen LogP contribution in [0.1, 0.15) is 11.3 Å². The van der Waals surface area contributed by atoms with Gasteiger partial charge in [-0.15, -0.1) is 0 Å². The van der Waals surface area contributed by atoms with Crippen molar-refractivity contribution >= 4 is 0 Å². The first kappa shape index (κ1) is 10.5. The molecular formula is C13H13NO2. The van der Waals surface area contributed by atoms with Gasteiger partial charge in [0.2, 0.25) is 0 Å². The molecule has 82 valence electrons. The Morgan fingerprint density at radius 1 is 0.938 bits per heavy atom. The average molecular weight is 215 g/mol. The third kappa shape index (κ3) is 2.51. The third-order valence-electron chi connectivity index (χ3n) is 2.44. The SMILES string of the molecule is Oc1ccc(CCc2ccccn2)cc1O. The van der Waals surface area contributed by atoms with Crippen LogP contribution in [0, 0.1) is 0 Å². The van der Waals surface area contributed by atoms with Crippen molar-refractivity contribution in [3.63, 3.8) is 0 Å². The van der Waals surface area contributed by atoms with Gasteiger partial charge in [0.25, 0.3) is 0 Å². The number of hydrogen-bond acceptors (Lipinski definition) is 3. The number of phenols is 2. The van der Waals surface area contributed by atoms with Crippen molar-refractivity contribution in [3.05, 3.63) is 53.9 Å². The van der Waals surface area contributed by atoms with Gasteiger partial charge in [0.15, 0.2) is 11.5 Å². The molecule has 0 unspecified atom stereocenters. The Hall–Kier alpha value is -2.03. The highest BCUT2D eigenvalue weighted by Gasteiger charge is 2.01. The number of aromatic nitrogens is 1. The maximum absolute atomic E-state index is 9.33. The highest BCUT2D eigenvalue weighted by molar-refractivity contribution is 5.40. The van der Waals surface area contributed by atoms with Gasteiger partial charge in [-0.3, -0.25) is 4.98 Å². The average Bonchev–Trinajstić information content (AvgIpc) is 2.32. The Morgan fingerprint density at radius 3 is 2.50 bits per heavy atom. The van der Waals surface area contributed by atoms with Crippen molar-refractivity contribution in [2.24, 2.45) is 0 Å². The minimum atomic E-state index is -0.0819. The summed E-state index contributed by atoms with van der Waals surface area (Å²) in [5, 5.41) is 18.5. The topological polar surface area (TPSA) is 53.4 Å². The van der Waals surface area contributed by atoms with Gasteiger partial charge in [-0.2, -0.15) is 0 Å². The molecule has 2 aromatic rings. The van der Waals surface area contributed by atoms with Crippen LogP contribution in [0.15, 0.2) is 42.6 Å². The lowest BCUT2D eigenvalue weighted by atomic mass is 10.1. The molecule has 1 heterocycles. The predicted molar refractivity (Wildman–Crippen MR) is 61.4 cm³/mol. The van der Waals surface area contributed by atoms with Crippen molar-refractivity contribution in [2.75, 3.05) is 0 Å². The Labute approximate surface area is 94.0 Å². The Kier molecular flexibility index (Phi) is 3.05. The fourth-order valence-corrected chi connectivity index (χ4v) is 1.54. The highest BCUT2D eigenvalue weighted by atomic mass is 16.3. The maximum atomic E-state index is 9.33. The first-order valence-electron chi connectivity index (χ1n) is 5.16. The molecule has 1 aromatic heterocycles. The van der Waals surface area contributed by atoms with Crippen LogP contribution in [-0.4, -0.2) is 15.2 Å². The van der Waals surface area contributed by atoms with Crippen molar-refractivity contribution in [3.8, 4) is 11.5 Å². The fourth-order valence-electron chi connectivity index (χ4n) is 1.54. The van der Waals surface area contributed by atoms with Gasteiger partial charge in [-0.05, 0) is 42.7 Å². The van der Waals surface area contributed by atoms with Gasteiger partial charge >= 0.3 is 0 Å². The van der Waals surface area contributed by atoms with E-state index in [-0.39, 0.29) is 11.5 Å². The van der Waals surface area contributed by atoms with Crippen LogP contribution in [0.2, 0.25) is 0 Å². The van der Waals surface area contributed by atoms with Crippen molar-refractivity contribution in [1.82, 2.24) is 4.98 Å². The summed E-state index contributed by atoms with van der Waals surface area (Å²) >= 11 is 0. The Morgan fingerprint density at radius 2 is 1.81 bits per heavy atom. The van der Waals surface area contributed by atoms with E-state index in [1.165, 1.54) is 6.07 Å². The molecule has 0 atom stereocenters. The lowest BCUT2D eigenvalue weighted by Crippen LogP contribution is -1.93. The Bertz CT molecular complexity index is 469. The van der Waals surface area contributed by atoms with E-state index in [0.717, 1.165) is 24.1 Å². The van der Waals surface area contributed by atoms with Crippen LogP contribution in [0.4, 0.5) is 0 Å². The van der Waals surface area contributed by atoms with Crippen molar-refractivity contribution in [1.29, 1.82) is 0 Å². The Balaban J connectivity index is 2.03. The molecule has 0 bridgehead atoms. The van der Waals surface area contributed by atoms with E-state index in [2.05, 4.69) is 4.98 Å². The molecule has 2 N–H and O–H groups in total. The van der Waals surface area contributed by atoms with Gasteiger partial charge in [0, 0.05) is 11.9 Å². The van der Waals surface area contributed by atoms with E-state index >= 15 is 0 Å². The molecule has 0 aliphatic heterocycles. The molecule has 0 radical (unpaired) electrons. The van der Waals surface area contributed by atoms with E-state index in [9.17, 15) is 5.11 Å². The number of nitrogens with zero attached hydrogens (tertiary/aromatic N) is 1. The summed E-state index contributed by atoms with van der Waals surface area (Å²) in [6.45, 7) is 0. The van der Waals surface area contributed by atoms with Crippen molar-refractivity contribution < 1.29 is 10.2 Å². The quantitative estimate of drug-likeness (QED) is 0.772. The molecule has 16 heavy (non-hydrogen) atoms. The number of aromatic hydroxyl groups is 2. The second-order valence-electron chi connectivity index (χ2n) is 3.64. The van der Waals surface area contributed by atoms with Gasteiger partial charge in [-0.1, -0.05) is 12.1 Å². The fraction of sp³-hybridized carbons (Fsp3) is 0.154. The van der Waals surface area contributed by atoms with Gasteiger partial charge in [0.05, 0.1) is 0 Å². The zero-order chi connectivity index (χ0) is 11.4. The van der Waals surface area contributed by atoms with Crippen LogP contribution >= 0.6 is 0 Å². The summed E-state index contributed by atoms with van der Waals surface area (Å²) in [5.74, 6) is -0.153. The normalized spacial score (nSPS) is 10.2. The molecule has 2 rings (SSSR count). The first-order chi connectivity index (χ1) is 7.75. The van der Waals surface area contributed by atoms with E-state index in [1.54, 1.807) is 18.3 Å². The molecule has 0 spiro atoms. The highest BCUT2D eigenvalue weighted by Crippen LogP contribution is 2.25. The molecule has 0 saturated carbocycles. The maximum Gasteiger partial charge on any atom is 0.157 e. The first-order valence-corrected chi connectivity index (χ1v) is 5.16. The standard InChI is InChI=1S/C13H13NO2/c15-12-7-5-10(9-13(12)16)4-6-11-3-1-2-8-14-11/h1-3,5,7-9,15-16H,4,6H2. The second kappa shape index (κ2) is 4.66. The minimum Gasteiger partial charge on any atom is -0.504 e. The molecule has 0 aliphatic carbocycles. The van der Waals surface area contributed by atoms with Crippen LogP contribution in [0.25, 0.3) is 0 Å². The smallest absolute Gasteiger partial charge is 0.157 e. The molecule has 0 amide bonds. The molecular weight excluding hydrogens is 202 g/mol. The number of aryl methyl sites for hydroxylation is 2. The minimum absolute atomic E-state index is 0.0708. The van der Waals surface area contributed by atoms with E-state index in [0.29, 0.717) is 0 Å². The predicted octanol–water partition coefficient (Wildman–Crippen LogP) is 2.28. The summed E-state index contributed by atoms with van der Waals surface area (Å²) in [6, 6.07) is 10.7. The lowest BCUT2D eigenvalue weighted by Gasteiger charge is -2.03. The third-order valence-corrected chi connectivity index (χ3v) is 2.44. The number of rotatable bonds is 3. The number of pyridine rings is 1. The van der Waals surface area contributed by atoms with Gasteiger partial charge < -0.3 is 10.2 Å². The molecule has 0 aliphatic rings. The van der Waals surface area contributed by atoms with Crippen LogP contribution in [0.5, 0.6) is 11.5 Å². The summed E-state index contributed by atoms with van der Waals surface area (Å²) in [7, 11) is 0. The largest absolute Gasteiger partial charge is 0.504 e. The molecule has 1 aromatic carbocycles. The molecule has 0 fully saturated rings. The lowest BCUT2D eigenvalue weighted by molar-refractivity contribution is 0.403. The van der Waals surface area contributed by atoms with Gasteiger partial charge in [-0.25, -0.2) is 0 Å². The summed E-state index contributed by atoms with van der Waals surface area (Å²) in [6.07, 6.45) is 3.39. The molecule has 3 nitrogen and oxygen atoms in total. The van der Waals surface area contributed by atoms with E-state index in [1.807, 2.05) is 18.2 Å². The molecule has 3 heteroatoms. The van der Waals surface area contributed by atoms with Crippen LogP contribution < -0.4 is 0 Å². The molecule has 0 saturated heterocycles. The zero-order valence-corrected chi connectivity index (χ0v) is 8.80. The van der Waals surface area contributed by atoms with E-state index in [4.69, 9.17) is 5.11 Å². The van der Waals surface area contributed by atoms with E-state index < -0.39 is 0 Å². The summed E-state index contributed by atoms with van der Waals surface area (Å²) < 4.78 is 0. The van der Waals surface area contributed by atoms with Crippen molar-refractivity contribution in [2.45, 2.75) is 12.8 Å².